The van der Waals surface area contributed by atoms with E-state index in [1.54, 1.807) is 7.11 Å². The van der Waals surface area contributed by atoms with Gasteiger partial charge in [-0.2, -0.15) is 0 Å². The molecule has 4 nitrogen and oxygen atoms in total. The summed E-state index contributed by atoms with van der Waals surface area (Å²) in [4.78, 5) is 0. The summed E-state index contributed by atoms with van der Waals surface area (Å²) in [6.07, 6.45) is -0.887. The number of methoxy groups -OCH3 is 1. The molecule has 1 aromatic rings. The van der Waals surface area contributed by atoms with Crippen molar-refractivity contribution in [3.8, 4) is 0 Å². The van der Waals surface area contributed by atoms with Crippen molar-refractivity contribution < 1.29 is 19.3 Å². The number of aliphatic hydroxyl groups is 1. The zero-order valence-corrected chi connectivity index (χ0v) is 10.8. The van der Waals surface area contributed by atoms with Crippen molar-refractivity contribution in [2.75, 3.05) is 7.11 Å². The first-order valence-electron chi connectivity index (χ1n) is 6.22. The van der Waals surface area contributed by atoms with Gasteiger partial charge in [0, 0.05) is 13.5 Å². The molecule has 0 amide bonds. The van der Waals surface area contributed by atoms with E-state index >= 15 is 0 Å². The molecule has 18 heavy (non-hydrogen) atoms. The van der Waals surface area contributed by atoms with E-state index in [9.17, 15) is 5.11 Å². The molecule has 1 aliphatic heterocycles. The number of hydrogen-bond acceptors (Lipinski definition) is 4. The van der Waals surface area contributed by atoms with Gasteiger partial charge in [-0.25, -0.2) is 0 Å². The van der Waals surface area contributed by atoms with E-state index in [2.05, 4.69) is 0 Å². The minimum Gasteiger partial charge on any atom is -0.388 e. The molecule has 1 fully saturated rings. The Labute approximate surface area is 107 Å². The Morgan fingerprint density at radius 3 is 2.72 bits per heavy atom. The molecule has 1 aliphatic rings. The summed E-state index contributed by atoms with van der Waals surface area (Å²) < 4.78 is 16.4. The van der Waals surface area contributed by atoms with Crippen LogP contribution >= 0.6 is 0 Å². The van der Waals surface area contributed by atoms with Crippen molar-refractivity contribution in [1.82, 2.24) is 0 Å². The molecule has 0 saturated carbocycles. The maximum Gasteiger partial charge on any atom is 0.160 e. The van der Waals surface area contributed by atoms with Gasteiger partial charge in [0.15, 0.2) is 6.29 Å². The highest BCUT2D eigenvalue weighted by Gasteiger charge is 2.35. The SMILES string of the molecule is CO[C@@H]1C[C@@H](OCc2ccccc2)[C@H](O)[C@@H](C)O1. The van der Waals surface area contributed by atoms with Gasteiger partial charge in [-0.3, -0.25) is 0 Å². The number of rotatable bonds is 4. The summed E-state index contributed by atoms with van der Waals surface area (Å²) in [5, 5.41) is 10.0. The molecule has 0 unspecified atom stereocenters. The van der Waals surface area contributed by atoms with E-state index in [0.717, 1.165) is 5.56 Å². The molecule has 100 valence electrons. The number of aliphatic hydroxyl groups excluding tert-OH is 1. The van der Waals surface area contributed by atoms with Gasteiger partial charge >= 0.3 is 0 Å². The molecule has 1 N–H and O–H groups in total. The van der Waals surface area contributed by atoms with Gasteiger partial charge in [0.05, 0.1) is 18.8 Å². The Bertz CT molecular complexity index is 354. The molecule has 0 aliphatic carbocycles. The second-order valence-corrected chi connectivity index (χ2v) is 4.57. The van der Waals surface area contributed by atoms with Crippen LogP contribution in [0.1, 0.15) is 18.9 Å². The van der Waals surface area contributed by atoms with Gasteiger partial charge < -0.3 is 19.3 Å². The molecular weight excluding hydrogens is 232 g/mol. The van der Waals surface area contributed by atoms with Crippen LogP contribution in [0.3, 0.4) is 0 Å². The molecule has 1 aromatic carbocycles. The van der Waals surface area contributed by atoms with E-state index < -0.39 is 6.10 Å². The first-order chi connectivity index (χ1) is 8.70. The maximum atomic E-state index is 10.0. The highest BCUT2D eigenvalue weighted by Crippen LogP contribution is 2.23. The lowest BCUT2D eigenvalue weighted by atomic mass is 10.0. The smallest absolute Gasteiger partial charge is 0.160 e. The van der Waals surface area contributed by atoms with Gasteiger partial charge in [0.25, 0.3) is 0 Å². The Kier molecular flexibility index (Phi) is 4.72. The molecule has 4 atom stereocenters. The Morgan fingerprint density at radius 1 is 1.33 bits per heavy atom. The van der Waals surface area contributed by atoms with E-state index in [0.29, 0.717) is 13.0 Å². The third-order valence-corrected chi connectivity index (χ3v) is 3.22. The third-order valence-electron chi connectivity index (χ3n) is 3.22. The van der Waals surface area contributed by atoms with E-state index in [4.69, 9.17) is 14.2 Å². The molecule has 2 rings (SSSR count). The van der Waals surface area contributed by atoms with Crippen LogP contribution in [-0.4, -0.2) is 36.8 Å². The van der Waals surface area contributed by atoms with Crippen LogP contribution in [-0.2, 0) is 20.8 Å². The summed E-state index contributed by atoms with van der Waals surface area (Å²) in [6, 6.07) is 9.92. The van der Waals surface area contributed by atoms with Crippen molar-refractivity contribution in [2.24, 2.45) is 0 Å². The lowest BCUT2D eigenvalue weighted by molar-refractivity contribution is -0.247. The summed E-state index contributed by atoms with van der Waals surface area (Å²) in [5.41, 5.74) is 1.10. The quantitative estimate of drug-likeness (QED) is 0.886. The van der Waals surface area contributed by atoms with Crippen LogP contribution in [0.25, 0.3) is 0 Å². The predicted molar refractivity (Wildman–Crippen MR) is 67.0 cm³/mol. The second kappa shape index (κ2) is 6.29. The topological polar surface area (TPSA) is 47.9 Å². The van der Waals surface area contributed by atoms with Gasteiger partial charge in [0.1, 0.15) is 6.10 Å². The van der Waals surface area contributed by atoms with Crippen molar-refractivity contribution in [3.05, 3.63) is 35.9 Å². The minimum absolute atomic E-state index is 0.251. The van der Waals surface area contributed by atoms with Gasteiger partial charge in [-0.1, -0.05) is 30.3 Å². The minimum atomic E-state index is -0.611. The van der Waals surface area contributed by atoms with Crippen LogP contribution < -0.4 is 0 Å². The summed E-state index contributed by atoms with van der Waals surface area (Å²) >= 11 is 0. The average Bonchev–Trinajstić information content (AvgIpc) is 2.41. The first kappa shape index (κ1) is 13.5. The number of ether oxygens (including phenoxy) is 3. The largest absolute Gasteiger partial charge is 0.388 e. The third kappa shape index (κ3) is 3.29. The van der Waals surface area contributed by atoms with Crippen LogP contribution in [0.4, 0.5) is 0 Å². The van der Waals surface area contributed by atoms with Crippen molar-refractivity contribution in [1.29, 1.82) is 0 Å². The number of benzene rings is 1. The molecule has 0 bridgehead atoms. The van der Waals surface area contributed by atoms with Gasteiger partial charge in [-0.05, 0) is 12.5 Å². The van der Waals surface area contributed by atoms with Crippen LogP contribution in [0.5, 0.6) is 0 Å². The fraction of sp³-hybridized carbons (Fsp3) is 0.571. The average molecular weight is 252 g/mol. The molecular formula is C14H20O4. The van der Waals surface area contributed by atoms with E-state index in [-0.39, 0.29) is 18.5 Å². The summed E-state index contributed by atoms with van der Waals surface area (Å²) in [6.45, 7) is 2.32. The molecule has 0 spiro atoms. The summed E-state index contributed by atoms with van der Waals surface area (Å²) in [7, 11) is 1.60. The van der Waals surface area contributed by atoms with E-state index in [1.807, 2.05) is 37.3 Å². The van der Waals surface area contributed by atoms with E-state index in [1.165, 1.54) is 0 Å². The maximum absolute atomic E-state index is 10.0. The lowest BCUT2D eigenvalue weighted by Gasteiger charge is -2.37. The van der Waals surface area contributed by atoms with Crippen LogP contribution in [0.2, 0.25) is 0 Å². The highest BCUT2D eigenvalue weighted by molar-refractivity contribution is 5.13. The standard InChI is InChI=1S/C14H20O4/c1-10-14(15)12(8-13(16-2)18-10)17-9-11-6-4-3-5-7-11/h3-7,10,12-15H,8-9H2,1-2H3/t10-,12-,13+,14-/m1/s1. The molecule has 1 saturated heterocycles. The first-order valence-corrected chi connectivity index (χ1v) is 6.22. The Hall–Kier alpha value is -0.940. The lowest BCUT2D eigenvalue weighted by Crippen LogP contribution is -2.48. The molecule has 4 heteroatoms. The van der Waals surface area contributed by atoms with Crippen LogP contribution in [0.15, 0.2) is 30.3 Å². The van der Waals surface area contributed by atoms with Gasteiger partial charge in [-0.15, -0.1) is 0 Å². The predicted octanol–water partition coefficient (Wildman–Crippen LogP) is 1.71. The zero-order chi connectivity index (χ0) is 13.0. The molecule has 1 heterocycles. The second-order valence-electron chi connectivity index (χ2n) is 4.57. The monoisotopic (exact) mass is 252 g/mol. The van der Waals surface area contributed by atoms with Crippen molar-refractivity contribution in [2.45, 2.75) is 44.6 Å². The zero-order valence-electron chi connectivity index (χ0n) is 10.8. The Morgan fingerprint density at radius 2 is 2.06 bits per heavy atom. The molecule has 0 aromatic heterocycles. The number of hydrogen-bond donors (Lipinski definition) is 1. The molecule has 0 radical (unpaired) electrons. The Balaban J connectivity index is 1.91. The fourth-order valence-electron chi connectivity index (χ4n) is 2.10. The summed E-state index contributed by atoms with van der Waals surface area (Å²) in [5.74, 6) is 0. The fourth-order valence-corrected chi connectivity index (χ4v) is 2.10. The van der Waals surface area contributed by atoms with Gasteiger partial charge in [0.2, 0.25) is 0 Å². The van der Waals surface area contributed by atoms with Crippen molar-refractivity contribution >= 4 is 0 Å². The van der Waals surface area contributed by atoms with Crippen LogP contribution in [0, 0.1) is 0 Å². The normalized spacial score (nSPS) is 32.4. The van der Waals surface area contributed by atoms with Crippen molar-refractivity contribution in [3.63, 3.8) is 0 Å². The highest BCUT2D eigenvalue weighted by atomic mass is 16.7.